The summed E-state index contributed by atoms with van der Waals surface area (Å²) in [5.41, 5.74) is 1.45. The maximum absolute atomic E-state index is 13.8. The standard InChI is InChI=1S/C13H14FNO/c1-13(6-3-7-16-13)9-8-15-11-5-2-4-10(14)12(9)11/h2,4-5,8,15H,3,6-7H2,1H3. The normalized spacial score (nSPS) is 25.4. The van der Waals surface area contributed by atoms with Crippen molar-refractivity contribution in [3.63, 3.8) is 0 Å². The second-order valence-electron chi connectivity index (χ2n) is 4.55. The molecule has 0 saturated carbocycles. The zero-order valence-corrected chi connectivity index (χ0v) is 9.22. The molecule has 0 radical (unpaired) electrons. The van der Waals surface area contributed by atoms with E-state index in [9.17, 15) is 4.39 Å². The molecule has 1 aromatic heterocycles. The Labute approximate surface area is 93.4 Å². The predicted octanol–water partition coefficient (Wildman–Crippen LogP) is 3.33. The van der Waals surface area contributed by atoms with Crippen LogP contribution in [0.3, 0.4) is 0 Å². The third kappa shape index (κ3) is 1.28. The first kappa shape index (κ1) is 9.85. The van der Waals surface area contributed by atoms with E-state index in [1.807, 2.05) is 19.2 Å². The summed E-state index contributed by atoms with van der Waals surface area (Å²) in [5, 5.41) is 0.673. The number of hydrogen-bond acceptors (Lipinski definition) is 1. The largest absolute Gasteiger partial charge is 0.371 e. The van der Waals surface area contributed by atoms with Gasteiger partial charge in [-0.05, 0) is 31.9 Å². The third-order valence-electron chi connectivity index (χ3n) is 3.44. The first-order valence-corrected chi connectivity index (χ1v) is 5.61. The Morgan fingerprint density at radius 3 is 3.06 bits per heavy atom. The van der Waals surface area contributed by atoms with Crippen LogP contribution in [0.15, 0.2) is 24.4 Å². The van der Waals surface area contributed by atoms with Crippen molar-refractivity contribution in [3.05, 3.63) is 35.8 Å². The average molecular weight is 219 g/mol. The Morgan fingerprint density at radius 2 is 2.31 bits per heavy atom. The van der Waals surface area contributed by atoms with E-state index in [0.29, 0.717) is 5.39 Å². The van der Waals surface area contributed by atoms with Gasteiger partial charge < -0.3 is 9.72 Å². The van der Waals surface area contributed by atoms with Crippen molar-refractivity contribution in [1.82, 2.24) is 4.98 Å². The maximum Gasteiger partial charge on any atom is 0.132 e. The number of hydrogen-bond donors (Lipinski definition) is 1. The molecule has 16 heavy (non-hydrogen) atoms. The van der Waals surface area contributed by atoms with Gasteiger partial charge in [-0.1, -0.05) is 6.07 Å². The molecular formula is C13H14FNO. The quantitative estimate of drug-likeness (QED) is 0.781. The Balaban J connectivity index is 2.24. The van der Waals surface area contributed by atoms with Gasteiger partial charge in [-0.15, -0.1) is 0 Å². The van der Waals surface area contributed by atoms with Crippen molar-refractivity contribution in [1.29, 1.82) is 0 Å². The van der Waals surface area contributed by atoms with Crippen molar-refractivity contribution in [2.75, 3.05) is 6.61 Å². The van der Waals surface area contributed by atoms with Crippen LogP contribution in [-0.2, 0) is 10.3 Å². The van der Waals surface area contributed by atoms with Gasteiger partial charge in [0.05, 0.1) is 5.60 Å². The van der Waals surface area contributed by atoms with E-state index in [-0.39, 0.29) is 11.4 Å². The number of aromatic nitrogens is 1. The molecule has 1 atom stereocenters. The first-order chi connectivity index (χ1) is 7.71. The number of halogens is 1. The summed E-state index contributed by atoms with van der Waals surface area (Å²) in [5.74, 6) is -0.175. The van der Waals surface area contributed by atoms with Crippen LogP contribution in [0.4, 0.5) is 4.39 Å². The fraction of sp³-hybridized carbons (Fsp3) is 0.385. The summed E-state index contributed by atoms with van der Waals surface area (Å²) in [6.45, 7) is 2.80. The monoisotopic (exact) mass is 219 g/mol. The SMILES string of the molecule is CC1(c2c[nH]c3cccc(F)c23)CCCO1. The molecule has 1 unspecified atom stereocenters. The van der Waals surface area contributed by atoms with E-state index in [4.69, 9.17) is 4.74 Å². The van der Waals surface area contributed by atoms with Gasteiger partial charge in [0.2, 0.25) is 0 Å². The zero-order valence-electron chi connectivity index (χ0n) is 9.22. The van der Waals surface area contributed by atoms with Crippen molar-refractivity contribution in [2.45, 2.75) is 25.4 Å². The minimum absolute atomic E-state index is 0.175. The van der Waals surface area contributed by atoms with Gasteiger partial charge in [-0.3, -0.25) is 0 Å². The topological polar surface area (TPSA) is 25.0 Å². The highest BCUT2D eigenvalue weighted by atomic mass is 19.1. The van der Waals surface area contributed by atoms with Crippen LogP contribution in [-0.4, -0.2) is 11.6 Å². The summed E-state index contributed by atoms with van der Waals surface area (Å²) in [6, 6.07) is 5.11. The van der Waals surface area contributed by atoms with Crippen LogP contribution < -0.4 is 0 Å². The Kier molecular flexibility index (Phi) is 2.04. The molecule has 0 bridgehead atoms. The van der Waals surface area contributed by atoms with Crippen LogP contribution in [0.1, 0.15) is 25.3 Å². The lowest BCUT2D eigenvalue weighted by Gasteiger charge is -2.22. The van der Waals surface area contributed by atoms with Crippen LogP contribution >= 0.6 is 0 Å². The third-order valence-corrected chi connectivity index (χ3v) is 3.44. The molecule has 0 spiro atoms. The number of benzene rings is 1. The van der Waals surface area contributed by atoms with Gasteiger partial charge in [0, 0.05) is 29.3 Å². The fourth-order valence-corrected chi connectivity index (χ4v) is 2.55. The van der Waals surface area contributed by atoms with Gasteiger partial charge in [0.1, 0.15) is 5.82 Å². The lowest BCUT2D eigenvalue weighted by Crippen LogP contribution is -2.19. The summed E-state index contributed by atoms with van der Waals surface area (Å²) < 4.78 is 19.6. The van der Waals surface area contributed by atoms with Crippen LogP contribution in [0.2, 0.25) is 0 Å². The Bertz CT molecular complexity index is 526. The smallest absolute Gasteiger partial charge is 0.132 e. The Morgan fingerprint density at radius 1 is 1.44 bits per heavy atom. The van der Waals surface area contributed by atoms with Gasteiger partial charge in [0.15, 0.2) is 0 Å². The highest BCUT2D eigenvalue weighted by Gasteiger charge is 2.34. The molecule has 84 valence electrons. The van der Waals surface area contributed by atoms with Crippen molar-refractivity contribution < 1.29 is 9.13 Å². The van der Waals surface area contributed by atoms with E-state index < -0.39 is 0 Å². The lowest BCUT2D eigenvalue weighted by atomic mass is 9.92. The molecule has 0 aliphatic carbocycles. The van der Waals surface area contributed by atoms with Crippen molar-refractivity contribution in [3.8, 4) is 0 Å². The second-order valence-corrected chi connectivity index (χ2v) is 4.55. The number of H-pyrrole nitrogens is 1. The molecule has 1 aromatic carbocycles. The molecule has 3 rings (SSSR count). The molecule has 3 heteroatoms. The molecule has 2 heterocycles. The second kappa shape index (κ2) is 3.32. The van der Waals surface area contributed by atoms with E-state index in [0.717, 1.165) is 30.5 Å². The van der Waals surface area contributed by atoms with E-state index >= 15 is 0 Å². The van der Waals surface area contributed by atoms with Crippen molar-refractivity contribution >= 4 is 10.9 Å². The number of nitrogens with one attached hydrogen (secondary N) is 1. The van der Waals surface area contributed by atoms with Crippen LogP contribution in [0.5, 0.6) is 0 Å². The predicted molar refractivity (Wildman–Crippen MR) is 60.8 cm³/mol. The minimum atomic E-state index is -0.333. The van der Waals surface area contributed by atoms with Crippen LogP contribution in [0.25, 0.3) is 10.9 Å². The first-order valence-electron chi connectivity index (χ1n) is 5.61. The van der Waals surface area contributed by atoms with Gasteiger partial charge >= 0.3 is 0 Å². The number of rotatable bonds is 1. The molecule has 1 fully saturated rings. The summed E-state index contributed by atoms with van der Waals surface area (Å²) in [7, 11) is 0. The highest BCUT2D eigenvalue weighted by molar-refractivity contribution is 5.84. The van der Waals surface area contributed by atoms with Gasteiger partial charge in [-0.25, -0.2) is 4.39 Å². The molecule has 2 nitrogen and oxygen atoms in total. The molecule has 0 amide bonds. The number of fused-ring (bicyclic) bond motifs is 1. The molecule has 1 aliphatic heterocycles. The van der Waals surface area contributed by atoms with Crippen molar-refractivity contribution in [2.24, 2.45) is 0 Å². The van der Waals surface area contributed by atoms with Gasteiger partial charge in [-0.2, -0.15) is 0 Å². The summed E-state index contributed by atoms with van der Waals surface area (Å²) in [4.78, 5) is 3.11. The lowest BCUT2D eigenvalue weighted by molar-refractivity contribution is 0.0179. The van der Waals surface area contributed by atoms with E-state index in [2.05, 4.69) is 4.98 Å². The number of aromatic amines is 1. The average Bonchev–Trinajstić information content (AvgIpc) is 2.85. The van der Waals surface area contributed by atoms with E-state index in [1.54, 1.807) is 6.07 Å². The van der Waals surface area contributed by atoms with E-state index in [1.165, 1.54) is 6.07 Å². The molecular weight excluding hydrogens is 205 g/mol. The molecule has 2 aromatic rings. The van der Waals surface area contributed by atoms with Crippen LogP contribution in [0, 0.1) is 5.82 Å². The fourth-order valence-electron chi connectivity index (χ4n) is 2.55. The molecule has 1 N–H and O–H groups in total. The summed E-state index contributed by atoms with van der Waals surface area (Å²) >= 11 is 0. The molecule has 1 saturated heterocycles. The Hall–Kier alpha value is -1.35. The number of ether oxygens (including phenoxy) is 1. The zero-order chi connectivity index (χ0) is 11.2. The maximum atomic E-state index is 13.8. The highest BCUT2D eigenvalue weighted by Crippen LogP contribution is 2.39. The minimum Gasteiger partial charge on any atom is -0.371 e. The summed E-state index contributed by atoms with van der Waals surface area (Å²) in [6.07, 6.45) is 3.87. The molecule has 1 aliphatic rings. The van der Waals surface area contributed by atoms with Gasteiger partial charge in [0.25, 0.3) is 0 Å².